The molecule has 4 nitrogen and oxygen atoms in total. The van der Waals surface area contributed by atoms with Crippen molar-refractivity contribution in [3.05, 3.63) is 34.4 Å². The third kappa shape index (κ3) is 4.42. The Morgan fingerprint density at radius 3 is 2.40 bits per heavy atom. The summed E-state index contributed by atoms with van der Waals surface area (Å²) < 4.78 is 28.2. The van der Waals surface area contributed by atoms with Crippen molar-refractivity contribution in [1.29, 1.82) is 0 Å². The lowest BCUT2D eigenvalue weighted by atomic mass is 9.85. The minimum atomic E-state index is -3.15. The zero-order chi connectivity index (χ0) is 18.8. The maximum Gasteiger partial charge on any atom is 0.325 e. The van der Waals surface area contributed by atoms with Gasteiger partial charge in [0.05, 0.1) is 0 Å². The van der Waals surface area contributed by atoms with E-state index in [1.807, 2.05) is 0 Å². The van der Waals surface area contributed by atoms with Crippen LogP contribution in [0.5, 0.6) is 0 Å². The molecular weight excluding hydrogens is 328 g/mol. The summed E-state index contributed by atoms with van der Waals surface area (Å²) in [4.78, 5) is 23.6. The first kappa shape index (κ1) is 19.5. The molecule has 0 bridgehead atoms. The maximum absolute atomic E-state index is 14.1. The highest BCUT2D eigenvalue weighted by molar-refractivity contribution is 5.96. The summed E-state index contributed by atoms with van der Waals surface area (Å²) in [7, 11) is 0. The quantitative estimate of drug-likeness (QED) is 0.691. The van der Waals surface area contributed by atoms with Crippen LogP contribution in [0.2, 0.25) is 0 Å². The van der Waals surface area contributed by atoms with Gasteiger partial charge < -0.3 is 10.4 Å². The molecule has 0 radical (unpaired) electrons. The predicted octanol–water partition coefficient (Wildman–Crippen LogP) is 4.08. The third-order valence-corrected chi connectivity index (χ3v) is 4.89. The Morgan fingerprint density at radius 2 is 2.00 bits per heavy atom. The summed E-state index contributed by atoms with van der Waals surface area (Å²) in [6.07, 6.45) is 3.51. The van der Waals surface area contributed by atoms with Crippen LogP contribution in [0.25, 0.3) is 0 Å². The van der Waals surface area contributed by atoms with E-state index in [-0.39, 0.29) is 34.5 Å². The highest BCUT2D eigenvalue weighted by Crippen LogP contribution is 2.35. The van der Waals surface area contributed by atoms with E-state index in [2.05, 4.69) is 5.32 Å². The maximum atomic E-state index is 14.1. The number of alkyl halides is 2. The van der Waals surface area contributed by atoms with E-state index in [9.17, 15) is 23.5 Å². The largest absolute Gasteiger partial charge is 0.480 e. The normalized spacial score (nSPS) is 16.4. The molecule has 1 aliphatic carbocycles. The molecule has 1 aromatic carbocycles. The van der Waals surface area contributed by atoms with Gasteiger partial charge in [-0.1, -0.05) is 13.3 Å². The van der Waals surface area contributed by atoms with E-state index in [0.29, 0.717) is 12.5 Å². The van der Waals surface area contributed by atoms with Crippen molar-refractivity contribution in [2.24, 2.45) is 5.92 Å². The topological polar surface area (TPSA) is 66.4 Å². The lowest BCUT2D eigenvalue weighted by molar-refractivity contribution is -0.139. The van der Waals surface area contributed by atoms with Crippen LogP contribution < -0.4 is 5.32 Å². The fourth-order valence-corrected chi connectivity index (χ4v) is 3.28. The Morgan fingerprint density at radius 1 is 1.36 bits per heavy atom. The van der Waals surface area contributed by atoms with Gasteiger partial charge in [0.25, 0.3) is 5.92 Å². The molecule has 1 atom stereocenters. The molecule has 0 aromatic heterocycles. The molecular formula is C19H25F2NO3. The monoisotopic (exact) mass is 353 g/mol. The smallest absolute Gasteiger partial charge is 0.325 e. The van der Waals surface area contributed by atoms with Crippen molar-refractivity contribution < 1.29 is 23.5 Å². The highest BCUT2D eigenvalue weighted by atomic mass is 19.3. The average molecular weight is 353 g/mol. The molecule has 2 N–H and O–H groups in total. The highest BCUT2D eigenvalue weighted by Gasteiger charge is 2.32. The number of carboxylic acids is 1. The molecule has 0 heterocycles. The van der Waals surface area contributed by atoms with Crippen LogP contribution in [0.1, 0.15) is 73.1 Å². The van der Waals surface area contributed by atoms with Crippen molar-refractivity contribution >= 4 is 11.8 Å². The number of carboxylic acid groups (broad SMARTS) is 1. The number of halogens is 2. The molecule has 0 amide bonds. The van der Waals surface area contributed by atoms with E-state index in [1.54, 1.807) is 6.92 Å². The van der Waals surface area contributed by atoms with E-state index in [1.165, 1.54) is 19.1 Å². The molecule has 1 unspecified atom stereocenters. The van der Waals surface area contributed by atoms with Gasteiger partial charge >= 0.3 is 5.97 Å². The van der Waals surface area contributed by atoms with Crippen molar-refractivity contribution in [3.8, 4) is 0 Å². The zero-order valence-corrected chi connectivity index (χ0v) is 14.9. The van der Waals surface area contributed by atoms with Gasteiger partial charge in [-0.15, -0.1) is 0 Å². The Hall–Kier alpha value is -1.82. The molecule has 1 saturated carbocycles. The molecule has 6 heteroatoms. The first-order valence-electron chi connectivity index (χ1n) is 8.67. The minimum Gasteiger partial charge on any atom is -0.480 e. The van der Waals surface area contributed by atoms with Crippen molar-refractivity contribution in [1.82, 2.24) is 5.32 Å². The Bertz CT molecular complexity index is 663. The summed E-state index contributed by atoms with van der Waals surface area (Å²) in [5, 5.41) is 12.5. The van der Waals surface area contributed by atoms with E-state index < -0.39 is 17.9 Å². The van der Waals surface area contributed by atoms with Crippen LogP contribution in [0.4, 0.5) is 8.78 Å². The second kappa shape index (κ2) is 7.60. The number of carbonyl (C=O) groups excluding carboxylic acids is 1. The summed E-state index contributed by atoms with van der Waals surface area (Å²) in [6.45, 7) is 4.32. The number of Topliss-reactive ketones (excluding diaryl/α,β-unsaturated/α-hetero) is 1. The molecule has 0 saturated heterocycles. The Kier molecular flexibility index (Phi) is 5.93. The second-order valence-corrected chi connectivity index (χ2v) is 6.87. The molecule has 2 rings (SSSR count). The average Bonchev–Trinajstić information content (AvgIpc) is 2.47. The summed E-state index contributed by atoms with van der Waals surface area (Å²) >= 11 is 0. The van der Waals surface area contributed by atoms with Gasteiger partial charge in [-0.3, -0.25) is 9.59 Å². The van der Waals surface area contributed by atoms with Crippen LogP contribution in [0, 0.1) is 5.92 Å². The molecule has 0 aliphatic heterocycles. The summed E-state index contributed by atoms with van der Waals surface area (Å²) in [6, 6.07) is 1.58. The van der Waals surface area contributed by atoms with Crippen molar-refractivity contribution in [2.45, 2.75) is 58.4 Å². The SMILES string of the molecule is CCc1c(C(C)=O)cc(C(NCC2CCC2)C(=O)O)cc1C(C)(F)F. The molecule has 0 spiro atoms. The minimum absolute atomic E-state index is 0.174. The lowest BCUT2D eigenvalue weighted by Crippen LogP contribution is -2.35. The van der Waals surface area contributed by atoms with Crippen LogP contribution in [-0.2, 0) is 17.1 Å². The third-order valence-electron chi connectivity index (χ3n) is 4.89. The standard InChI is InChI=1S/C19H25F2NO3/c1-4-14-15(11(2)23)8-13(9-16(14)19(3,20)21)17(18(24)25)22-10-12-6-5-7-12/h8-9,12,17,22H,4-7,10H2,1-3H3,(H,24,25). The number of carbonyl (C=O) groups is 2. The van der Waals surface area contributed by atoms with Gasteiger partial charge in [-0.25, -0.2) is 8.78 Å². The number of nitrogens with one attached hydrogen (secondary N) is 1. The first-order valence-corrected chi connectivity index (χ1v) is 8.67. The molecule has 1 aromatic rings. The van der Waals surface area contributed by atoms with Gasteiger partial charge in [0.15, 0.2) is 5.78 Å². The Balaban J connectivity index is 2.47. The van der Waals surface area contributed by atoms with Crippen LogP contribution >= 0.6 is 0 Å². The molecule has 1 aliphatic rings. The zero-order valence-electron chi connectivity index (χ0n) is 14.9. The predicted molar refractivity (Wildman–Crippen MR) is 91.1 cm³/mol. The van der Waals surface area contributed by atoms with Crippen molar-refractivity contribution in [2.75, 3.05) is 6.54 Å². The Labute approximate surface area is 146 Å². The number of hydrogen-bond acceptors (Lipinski definition) is 3. The number of benzene rings is 1. The van der Waals surface area contributed by atoms with E-state index >= 15 is 0 Å². The van der Waals surface area contributed by atoms with Crippen LogP contribution in [0.15, 0.2) is 12.1 Å². The summed E-state index contributed by atoms with van der Waals surface area (Å²) in [5.74, 6) is -4.20. The second-order valence-electron chi connectivity index (χ2n) is 6.87. The van der Waals surface area contributed by atoms with Gasteiger partial charge in [0, 0.05) is 18.1 Å². The first-order chi connectivity index (χ1) is 11.6. The number of ketones is 1. The summed E-state index contributed by atoms with van der Waals surface area (Å²) in [5.41, 5.74) is 0.389. The fourth-order valence-electron chi connectivity index (χ4n) is 3.28. The fraction of sp³-hybridized carbons (Fsp3) is 0.579. The van der Waals surface area contributed by atoms with Crippen LogP contribution in [-0.4, -0.2) is 23.4 Å². The molecule has 1 fully saturated rings. The van der Waals surface area contributed by atoms with Gasteiger partial charge in [0.1, 0.15) is 6.04 Å². The lowest BCUT2D eigenvalue weighted by Gasteiger charge is -2.28. The van der Waals surface area contributed by atoms with E-state index in [0.717, 1.165) is 26.2 Å². The molecule has 138 valence electrons. The number of rotatable bonds is 8. The van der Waals surface area contributed by atoms with Crippen molar-refractivity contribution in [3.63, 3.8) is 0 Å². The van der Waals surface area contributed by atoms with Crippen LogP contribution in [0.3, 0.4) is 0 Å². The molecule has 25 heavy (non-hydrogen) atoms. The number of hydrogen-bond donors (Lipinski definition) is 2. The van der Waals surface area contributed by atoms with Gasteiger partial charge in [-0.05, 0) is 61.9 Å². The number of aliphatic carboxylic acids is 1. The van der Waals surface area contributed by atoms with Gasteiger partial charge in [0.2, 0.25) is 0 Å². The van der Waals surface area contributed by atoms with Gasteiger partial charge in [-0.2, -0.15) is 0 Å². The van der Waals surface area contributed by atoms with E-state index in [4.69, 9.17) is 0 Å².